The van der Waals surface area contributed by atoms with Crippen molar-refractivity contribution < 1.29 is 14.0 Å². The van der Waals surface area contributed by atoms with Crippen molar-refractivity contribution >= 4 is 11.6 Å². The van der Waals surface area contributed by atoms with Crippen molar-refractivity contribution in [1.82, 2.24) is 4.90 Å². The lowest BCUT2D eigenvalue weighted by Gasteiger charge is -2.26. The van der Waals surface area contributed by atoms with Crippen molar-refractivity contribution in [3.63, 3.8) is 0 Å². The maximum absolute atomic E-state index is 13.2. The summed E-state index contributed by atoms with van der Waals surface area (Å²) in [6.45, 7) is 6.69. The monoisotopic (exact) mass is 368 g/mol. The molecule has 0 aromatic heterocycles. The van der Waals surface area contributed by atoms with Gasteiger partial charge in [-0.05, 0) is 30.2 Å². The van der Waals surface area contributed by atoms with Crippen molar-refractivity contribution in [3.05, 3.63) is 71.0 Å². The van der Waals surface area contributed by atoms with E-state index in [1.165, 1.54) is 12.1 Å². The summed E-state index contributed by atoms with van der Waals surface area (Å²) in [4.78, 5) is 20.1. The molecule has 1 amide bonds. The molecule has 0 N–H and O–H groups in total. The molecule has 0 unspecified atom stereocenters. The number of hydrogen-bond acceptors (Lipinski definition) is 3. The van der Waals surface area contributed by atoms with Crippen LogP contribution in [0.4, 0.5) is 4.39 Å². The highest BCUT2D eigenvalue weighted by molar-refractivity contribution is 6.02. The third-order valence-electron chi connectivity index (χ3n) is 4.71. The van der Waals surface area contributed by atoms with Gasteiger partial charge in [0, 0.05) is 24.4 Å². The van der Waals surface area contributed by atoms with Crippen LogP contribution in [0.3, 0.4) is 0 Å². The van der Waals surface area contributed by atoms with E-state index in [0.717, 1.165) is 22.4 Å². The molecule has 0 saturated carbocycles. The lowest BCUT2D eigenvalue weighted by molar-refractivity contribution is -0.136. The molecule has 1 atom stereocenters. The van der Waals surface area contributed by atoms with E-state index in [9.17, 15) is 9.18 Å². The Bertz CT molecular complexity index is 830. The Balaban J connectivity index is 1.69. The molecule has 0 radical (unpaired) electrons. The summed E-state index contributed by atoms with van der Waals surface area (Å²) in [5.74, 6) is -0.355. The van der Waals surface area contributed by atoms with Crippen LogP contribution in [0.5, 0.6) is 0 Å². The second kappa shape index (κ2) is 8.33. The van der Waals surface area contributed by atoms with Gasteiger partial charge in [-0.3, -0.25) is 4.79 Å². The molecule has 4 nitrogen and oxygen atoms in total. The molecule has 0 aliphatic carbocycles. The number of aryl methyl sites for hydroxylation is 1. The van der Waals surface area contributed by atoms with Crippen LogP contribution in [-0.2, 0) is 16.2 Å². The first-order valence-corrected chi connectivity index (χ1v) is 9.26. The molecular formula is C22H25FN2O2. The van der Waals surface area contributed by atoms with Gasteiger partial charge in [0.15, 0.2) is 6.10 Å². The number of halogens is 1. The fourth-order valence-electron chi connectivity index (χ4n) is 3.24. The summed E-state index contributed by atoms with van der Waals surface area (Å²) in [6.07, 6.45) is 0.485. The Morgan fingerprint density at radius 2 is 1.93 bits per heavy atom. The van der Waals surface area contributed by atoms with Crippen LogP contribution in [0.15, 0.2) is 53.7 Å². The predicted molar refractivity (Wildman–Crippen MR) is 104 cm³/mol. The van der Waals surface area contributed by atoms with Gasteiger partial charge < -0.3 is 9.74 Å². The molecule has 0 bridgehead atoms. The Kier molecular flexibility index (Phi) is 5.89. The van der Waals surface area contributed by atoms with Crippen LogP contribution >= 0.6 is 0 Å². The van der Waals surface area contributed by atoms with Crippen LogP contribution in [-0.4, -0.2) is 29.2 Å². The van der Waals surface area contributed by atoms with Gasteiger partial charge in [-0.1, -0.05) is 55.4 Å². The fourth-order valence-corrected chi connectivity index (χ4v) is 3.24. The molecular weight excluding hydrogens is 343 g/mol. The van der Waals surface area contributed by atoms with Gasteiger partial charge in [0.1, 0.15) is 5.82 Å². The number of oxime groups is 1. The molecule has 2 aromatic carbocycles. The van der Waals surface area contributed by atoms with Crippen molar-refractivity contribution in [2.75, 3.05) is 6.54 Å². The summed E-state index contributed by atoms with van der Waals surface area (Å²) in [5, 5.41) is 4.25. The average Bonchev–Trinajstić information content (AvgIpc) is 3.11. The molecule has 142 valence electrons. The van der Waals surface area contributed by atoms with Gasteiger partial charge in [-0.2, -0.15) is 0 Å². The minimum Gasteiger partial charge on any atom is -0.390 e. The van der Waals surface area contributed by atoms with Gasteiger partial charge >= 0.3 is 0 Å². The van der Waals surface area contributed by atoms with Crippen molar-refractivity contribution in [2.45, 2.75) is 39.8 Å². The highest BCUT2D eigenvalue weighted by Gasteiger charge is 2.28. The Labute approximate surface area is 159 Å². The van der Waals surface area contributed by atoms with E-state index in [1.54, 1.807) is 17.0 Å². The molecule has 5 heteroatoms. The van der Waals surface area contributed by atoms with Crippen molar-refractivity contribution in [2.24, 2.45) is 11.1 Å². The topological polar surface area (TPSA) is 41.9 Å². The number of rotatable bonds is 6. The molecule has 3 rings (SSSR count). The first kappa shape index (κ1) is 19.1. The molecule has 27 heavy (non-hydrogen) atoms. The maximum Gasteiger partial charge on any atom is 0.225 e. The number of hydrogen-bond donors (Lipinski definition) is 0. The van der Waals surface area contributed by atoms with Crippen LogP contribution in [0, 0.1) is 18.7 Å². The van der Waals surface area contributed by atoms with Crippen LogP contribution in [0.25, 0.3) is 0 Å². The van der Waals surface area contributed by atoms with Crippen molar-refractivity contribution in [1.29, 1.82) is 0 Å². The van der Waals surface area contributed by atoms with E-state index in [1.807, 2.05) is 45.0 Å². The third-order valence-corrected chi connectivity index (χ3v) is 4.71. The van der Waals surface area contributed by atoms with E-state index in [4.69, 9.17) is 4.84 Å². The zero-order valence-electron chi connectivity index (χ0n) is 16.0. The van der Waals surface area contributed by atoms with Gasteiger partial charge in [0.05, 0.1) is 12.3 Å². The van der Waals surface area contributed by atoms with Gasteiger partial charge in [-0.15, -0.1) is 0 Å². The maximum atomic E-state index is 13.2. The predicted octanol–water partition coefficient (Wildman–Crippen LogP) is 4.31. The largest absolute Gasteiger partial charge is 0.390 e. The number of benzene rings is 2. The fraction of sp³-hybridized carbons (Fsp3) is 0.364. The lowest BCUT2D eigenvalue weighted by atomic mass is 10.00. The SMILES string of the molecule is Cc1ccccc1C1=NO[C@H](CN(Cc2ccc(F)cc2)C(=O)C(C)C)C1. The van der Waals surface area contributed by atoms with E-state index in [0.29, 0.717) is 19.5 Å². The van der Waals surface area contributed by atoms with Gasteiger partial charge in [0.2, 0.25) is 5.91 Å². The molecule has 1 heterocycles. The average molecular weight is 368 g/mol. The van der Waals surface area contributed by atoms with Gasteiger partial charge in [0.25, 0.3) is 0 Å². The molecule has 1 aliphatic rings. The van der Waals surface area contributed by atoms with E-state index in [2.05, 4.69) is 5.16 Å². The third kappa shape index (κ3) is 4.73. The minimum absolute atomic E-state index is 0.0484. The number of nitrogens with zero attached hydrogens (tertiary/aromatic N) is 2. The standard InChI is InChI=1S/C22H25FN2O2/c1-15(2)22(26)25(13-17-8-10-18(23)11-9-17)14-19-12-21(24-27-19)20-7-5-4-6-16(20)3/h4-11,15,19H,12-14H2,1-3H3/t19-/m0/s1. The van der Waals surface area contributed by atoms with Crippen LogP contribution < -0.4 is 0 Å². The minimum atomic E-state index is -0.282. The number of carbonyl (C=O) groups excluding carboxylic acids is 1. The summed E-state index contributed by atoms with van der Waals surface area (Å²) in [6, 6.07) is 14.3. The quantitative estimate of drug-likeness (QED) is 0.762. The molecule has 2 aromatic rings. The lowest BCUT2D eigenvalue weighted by Crippen LogP contribution is -2.39. The first-order chi connectivity index (χ1) is 12.9. The molecule has 0 fully saturated rings. The Hall–Kier alpha value is -2.69. The van der Waals surface area contributed by atoms with E-state index < -0.39 is 0 Å². The highest BCUT2D eigenvalue weighted by atomic mass is 19.1. The molecule has 0 spiro atoms. The molecule has 1 aliphatic heterocycles. The summed E-state index contributed by atoms with van der Waals surface area (Å²) in [7, 11) is 0. The highest BCUT2D eigenvalue weighted by Crippen LogP contribution is 2.21. The normalized spacial score (nSPS) is 16.2. The van der Waals surface area contributed by atoms with E-state index >= 15 is 0 Å². The molecule has 0 saturated heterocycles. The van der Waals surface area contributed by atoms with Crippen molar-refractivity contribution in [3.8, 4) is 0 Å². The second-order valence-electron chi connectivity index (χ2n) is 7.28. The summed E-state index contributed by atoms with van der Waals surface area (Å²) >= 11 is 0. The smallest absolute Gasteiger partial charge is 0.225 e. The zero-order valence-corrected chi connectivity index (χ0v) is 16.0. The Morgan fingerprint density at radius 1 is 1.22 bits per heavy atom. The van der Waals surface area contributed by atoms with Gasteiger partial charge in [-0.25, -0.2) is 4.39 Å². The zero-order chi connectivity index (χ0) is 19.4. The number of amides is 1. The van der Waals surface area contributed by atoms with Crippen LogP contribution in [0.1, 0.15) is 37.0 Å². The van der Waals surface area contributed by atoms with E-state index in [-0.39, 0.29) is 23.7 Å². The Morgan fingerprint density at radius 3 is 2.59 bits per heavy atom. The summed E-state index contributed by atoms with van der Waals surface area (Å²) < 4.78 is 13.2. The number of carbonyl (C=O) groups is 1. The first-order valence-electron chi connectivity index (χ1n) is 9.26. The summed E-state index contributed by atoms with van der Waals surface area (Å²) in [5.41, 5.74) is 4.04. The second-order valence-corrected chi connectivity index (χ2v) is 7.28. The van der Waals surface area contributed by atoms with Crippen LogP contribution in [0.2, 0.25) is 0 Å².